The average molecular weight is 377 g/mol. The zero-order chi connectivity index (χ0) is 19.3. The molecule has 26 heavy (non-hydrogen) atoms. The number of nitrogens with one attached hydrogen (secondary N) is 1. The maximum absolute atomic E-state index is 12.6. The van der Waals surface area contributed by atoms with Crippen molar-refractivity contribution in [1.82, 2.24) is 10.3 Å². The van der Waals surface area contributed by atoms with Crippen LogP contribution < -0.4 is 14.4 Å². The Morgan fingerprint density at radius 3 is 2.62 bits per heavy atom. The van der Waals surface area contributed by atoms with E-state index in [1.807, 2.05) is 19.1 Å². The molecule has 1 amide bonds. The first-order valence-electron chi connectivity index (χ1n) is 8.05. The van der Waals surface area contributed by atoms with Crippen LogP contribution in [0.3, 0.4) is 0 Å². The minimum absolute atomic E-state index is 0.215. The molecule has 0 spiro atoms. The van der Waals surface area contributed by atoms with E-state index in [1.165, 1.54) is 14.0 Å². The number of hydrogen-bond donors (Lipinski definition) is 1. The maximum Gasteiger partial charge on any atom is 0.243 e. The van der Waals surface area contributed by atoms with Gasteiger partial charge >= 0.3 is 0 Å². The monoisotopic (exact) mass is 377 g/mol. The van der Waals surface area contributed by atoms with Crippen LogP contribution in [0, 0.1) is 6.92 Å². The minimum Gasteiger partial charge on any atom is -0.495 e. The molecule has 7 nitrogen and oxygen atoms in total. The van der Waals surface area contributed by atoms with E-state index in [4.69, 9.17) is 4.74 Å². The Balaban J connectivity index is 2.29. The molecule has 2 aromatic rings. The summed E-state index contributed by atoms with van der Waals surface area (Å²) in [5, 5.41) is 2.72. The number of methoxy groups -OCH3 is 1. The number of pyridine rings is 1. The van der Waals surface area contributed by atoms with E-state index in [0.29, 0.717) is 17.1 Å². The summed E-state index contributed by atoms with van der Waals surface area (Å²) in [5.74, 6) is -0.0463. The number of hydrogen-bond acceptors (Lipinski definition) is 5. The second kappa shape index (κ2) is 8.18. The van der Waals surface area contributed by atoms with Crippen LogP contribution in [0.4, 0.5) is 5.69 Å². The summed E-state index contributed by atoms with van der Waals surface area (Å²) in [6.07, 6.45) is 2.70. The second-order valence-corrected chi connectivity index (χ2v) is 7.81. The smallest absolute Gasteiger partial charge is 0.243 e. The highest BCUT2D eigenvalue weighted by Gasteiger charge is 2.31. The van der Waals surface area contributed by atoms with Gasteiger partial charge in [-0.15, -0.1) is 0 Å². The van der Waals surface area contributed by atoms with Crippen LogP contribution in [0.15, 0.2) is 42.6 Å². The molecule has 0 aliphatic carbocycles. The van der Waals surface area contributed by atoms with E-state index in [0.717, 1.165) is 16.1 Å². The predicted octanol–water partition coefficient (Wildman–Crippen LogP) is 1.87. The lowest BCUT2D eigenvalue weighted by molar-refractivity contribution is -0.122. The number of aromatic nitrogens is 1. The van der Waals surface area contributed by atoms with E-state index in [-0.39, 0.29) is 6.54 Å². The summed E-state index contributed by atoms with van der Waals surface area (Å²) in [4.78, 5) is 16.7. The Bertz CT molecular complexity index is 869. The molecule has 0 saturated heterocycles. The first-order chi connectivity index (χ1) is 12.2. The largest absolute Gasteiger partial charge is 0.495 e. The molecule has 0 fully saturated rings. The number of benzene rings is 1. The molecule has 1 aromatic heterocycles. The fourth-order valence-corrected chi connectivity index (χ4v) is 3.75. The third kappa shape index (κ3) is 4.72. The summed E-state index contributed by atoms with van der Waals surface area (Å²) < 4.78 is 31.2. The molecule has 0 saturated carbocycles. The molecule has 1 aromatic carbocycles. The van der Waals surface area contributed by atoms with Crippen LogP contribution in [0.25, 0.3) is 0 Å². The summed E-state index contributed by atoms with van der Waals surface area (Å²) in [7, 11) is -2.26. The van der Waals surface area contributed by atoms with E-state index < -0.39 is 22.0 Å². The quantitative estimate of drug-likeness (QED) is 0.796. The van der Waals surface area contributed by atoms with E-state index >= 15 is 0 Å². The van der Waals surface area contributed by atoms with Gasteiger partial charge in [-0.25, -0.2) is 8.42 Å². The van der Waals surface area contributed by atoms with Crippen LogP contribution in [0.5, 0.6) is 5.75 Å². The molecule has 0 unspecified atom stereocenters. The zero-order valence-corrected chi connectivity index (χ0v) is 16.1. The number of carbonyl (C=O) groups excluding carboxylic acids is 1. The first kappa shape index (κ1) is 19.7. The van der Waals surface area contributed by atoms with Gasteiger partial charge in [0.05, 0.1) is 31.3 Å². The SMILES string of the molecule is COc1ccc(C)cc1N([C@H](C)C(=O)NCc1ccccn1)S(C)(=O)=O. The molecule has 8 heteroatoms. The lowest BCUT2D eigenvalue weighted by atomic mass is 10.2. The molecular weight excluding hydrogens is 354 g/mol. The van der Waals surface area contributed by atoms with Gasteiger partial charge in [0.25, 0.3) is 0 Å². The second-order valence-electron chi connectivity index (χ2n) is 5.95. The lowest BCUT2D eigenvalue weighted by Gasteiger charge is -2.29. The summed E-state index contributed by atoms with van der Waals surface area (Å²) in [5.41, 5.74) is 1.87. The minimum atomic E-state index is -3.72. The highest BCUT2D eigenvalue weighted by molar-refractivity contribution is 7.92. The Morgan fingerprint density at radius 1 is 1.31 bits per heavy atom. The summed E-state index contributed by atoms with van der Waals surface area (Å²) >= 11 is 0. The van der Waals surface area contributed by atoms with Crippen molar-refractivity contribution < 1.29 is 17.9 Å². The Labute approximate surface area is 154 Å². The van der Waals surface area contributed by atoms with Crippen LogP contribution in [0.1, 0.15) is 18.2 Å². The van der Waals surface area contributed by atoms with Gasteiger partial charge in [0.1, 0.15) is 11.8 Å². The molecule has 0 bridgehead atoms. The number of rotatable bonds is 7. The molecule has 1 N–H and O–H groups in total. The van der Waals surface area contributed by atoms with E-state index in [2.05, 4.69) is 10.3 Å². The third-order valence-electron chi connectivity index (χ3n) is 3.83. The Kier molecular flexibility index (Phi) is 6.20. The molecule has 0 radical (unpaired) electrons. The molecule has 140 valence electrons. The summed E-state index contributed by atoms with van der Waals surface area (Å²) in [6.45, 7) is 3.60. The van der Waals surface area contributed by atoms with Crippen molar-refractivity contribution in [3.05, 3.63) is 53.9 Å². The van der Waals surface area contributed by atoms with Gasteiger partial charge in [-0.1, -0.05) is 12.1 Å². The lowest BCUT2D eigenvalue weighted by Crippen LogP contribution is -2.47. The van der Waals surface area contributed by atoms with E-state index in [1.54, 1.807) is 30.5 Å². The number of sulfonamides is 1. The number of nitrogens with zero attached hydrogens (tertiary/aromatic N) is 2. The fourth-order valence-electron chi connectivity index (χ4n) is 2.58. The molecule has 1 heterocycles. The first-order valence-corrected chi connectivity index (χ1v) is 9.90. The van der Waals surface area contributed by atoms with Gasteiger partial charge in [-0.2, -0.15) is 0 Å². The van der Waals surface area contributed by atoms with Crippen molar-refractivity contribution in [2.75, 3.05) is 17.7 Å². The number of carbonyl (C=O) groups is 1. The van der Waals surface area contributed by atoms with E-state index in [9.17, 15) is 13.2 Å². The van der Waals surface area contributed by atoms with Gasteiger partial charge in [-0.3, -0.25) is 14.1 Å². The van der Waals surface area contributed by atoms with Gasteiger partial charge in [0.2, 0.25) is 15.9 Å². The maximum atomic E-state index is 12.6. The van der Waals surface area contributed by atoms with Crippen molar-refractivity contribution in [2.45, 2.75) is 26.4 Å². The molecule has 1 atom stereocenters. The highest BCUT2D eigenvalue weighted by Crippen LogP contribution is 2.32. The molecular formula is C18H23N3O4S. The molecule has 0 aliphatic heterocycles. The van der Waals surface area contributed by atoms with Crippen molar-refractivity contribution >= 4 is 21.6 Å². The van der Waals surface area contributed by atoms with Gasteiger partial charge in [0.15, 0.2) is 0 Å². The van der Waals surface area contributed by atoms with Crippen LogP contribution >= 0.6 is 0 Å². The van der Waals surface area contributed by atoms with Crippen LogP contribution in [-0.4, -0.2) is 38.7 Å². The zero-order valence-electron chi connectivity index (χ0n) is 15.3. The molecule has 0 aliphatic rings. The predicted molar refractivity (Wildman–Crippen MR) is 101 cm³/mol. The fraction of sp³-hybridized carbons (Fsp3) is 0.333. The van der Waals surface area contributed by atoms with Crippen molar-refractivity contribution in [3.63, 3.8) is 0 Å². The average Bonchev–Trinajstić information content (AvgIpc) is 2.59. The van der Waals surface area contributed by atoms with Gasteiger partial charge < -0.3 is 10.1 Å². The van der Waals surface area contributed by atoms with Crippen molar-refractivity contribution in [1.29, 1.82) is 0 Å². The standard InChI is InChI=1S/C18H23N3O4S/c1-13-8-9-17(25-3)16(11-13)21(26(4,23)24)14(2)18(22)20-12-15-7-5-6-10-19-15/h5-11,14H,12H2,1-4H3,(H,20,22)/t14-/m1/s1. The van der Waals surface area contributed by atoms with Crippen LogP contribution in [0.2, 0.25) is 0 Å². The number of aryl methyl sites for hydroxylation is 1. The number of amides is 1. The normalized spacial score (nSPS) is 12.3. The Hall–Kier alpha value is -2.61. The topological polar surface area (TPSA) is 88.6 Å². The van der Waals surface area contributed by atoms with Gasteiger partial charge in [-0.05, 0) is 43.7 Å². The Morgan fingerprint density at radius 2 is 2.04 bits per heavy atom. The number of ether oxygens (including phenoxy) is 1. The van der Waals surface area contributed by atoms with Gasteiger partial charge in [0, 0.05) is 6.20 Å². The summed E-state index contributed by atoms with van der Waals surface area (Å²) in [6, 6.07) is 9.60. The van der Waals surface area contributed by atoms with Crippen molar-refractivity contribution in [2.24, 2.45) is 0 Å². The highest BCUT2D eigenvalue weighted by atomic mass is 32.2. The molecule has 2 rings (SSSR count). The van der Waals surface area contributed by atoms with Crippen molar-refractivity contribution in [3.8, 4) is 5.75 Å². The van der Waals surface area contributed by atoms with Crippen LogP contribution in [-0.2, 0) is 21.4 Å². The number of anilines is 1. The third-order valence-corrected chi connectivity index (χ3v) is 5.06.